The van der Waals surface area contributed by atoms with Gasteiger partial charge in [0.25, 0.3) is 0 Å². The molecule has 1 unspecified atom stereocenters. The van der Waals surface area contributed by atoms with Crippen LogP contribution in [0.25, 0.3) is 0 Å². The molecule has 1 heterocycles. The van der Waals surface area contributed by atoms with Gasteiger partial charge in [0.05, 0.1) is 5.69 Å². The normalized spacial score (nSPS) is 12.9. The minimum atomic E-state index is -0.691. The third-order valence-corrected chi connectivity index (χ3v) is 2.42. The molecule has 0 aliphatic heterocycles. The molecular weight excluding hydrogens is 186 g/mol. The summed E-state index contributed by atoms with van der Waals surface area (Å²) in [5, 5.41) is 9.54. The maximum absolute atomic E-state index is 9.54. The van der Waals surface area contributed by atoms with Crippen molar-refractivity contribution in [3.05, 3.63) is 17.7 Å². The predicted molar refractivity (Wildman–Crippen MR) is 52.6 cm³/mol. The molecule has 1 rings (SSSR count). The molecule has 4 nitrogen and oxygen atoms in total. The first kappa shape index (κ1) is 10.4. The molecule has 1 aromatic heterocycles. The molecule has 5 heteroatoms. The van der Waals surface area contributed by atoms with Crippen LogP contribution < -0.4 is 5.73 Å². The number of thioether (sulfide) groups is 1. The van der Waals surface area contributed by atoms with Crippen molar-refractivity contribution in [2.45, 2.75) is 17.9 Å². The van der Waals surface area contributed by atoms with Crippen LogP contribution in [0, 0.1) is 6.92 Å². The fraction of sp³-hybridized carbons (Fsp3) is 0.500. The van der Waals surface area contributed by atoms with E-state index in [0.29, 0.717) is 11.5 Å². The van der Waals surface area contributed by atoms with E-state index in [1.54, 1.807) is 13.1 Å². The van der Waals surface area contributed by atoms with Gasteiger partial charge in [-0.15, -0.1) is 11.8 Å². The summed E-state index contributed by atoms with van der Waals surface area (Å²) in [5.41, 5.74) is 5.99. The number of hydrogen-bond donors (Lipinski definition) is 2. The Balaban J connectivity index is 3.07. The summed E-state index contributed by atoms with van der Waals surface area (Å²) in [6.45, 7) is 1.97. The van der Waals surface area contributed by atoms with Crippen LogP contribution in [-0.2, 0) is 0 Å². The zero-order valence-corrected chi connectivity index (χ0v) is 8.51. The van der Waals surface area contributed by atoms with Crippen molar-refractivity contribution < 1.29 is 5.11 Å². The summed E-state index contributed by atoms with van der Waals surface area (Å²) in [6, 6.07) is 0. The number of hydrogen-bond acceptors (Lipinski definition) is 5. The Morgan fingerprint density at radius 2 is 2.38 bits per heavy atom. The van der Waals surface area contributed by atoms with Gasteiger partial charge in [-0.3, -0.25) is 0 Å². The number of aliphatic hydroxyl groups is 1. The van der Waals surface area contributed by atoms with Crippen LogP contribution in [0.5, 0.6) is 0 Å². The fourth-order valence-corrected chi connectivity index (χ4v) is 1.53. The monoisotopic (exact) mass is 199 g/mol. The molecule has 0 saturated heterocycles. The van der Waals surface area contributed by atoms with E-state index in [4.69, 9.17) is 5.73 Å². The predicted octanol–water partition coefficient (Wildman–Crippen LogP) is 0.499. The number of nitrogens with two attached hydrogens (primary N) is 1. The molecule has 0 radical (unpaired) electrons. The summed E-state index contributed by atoms with van der Waals surface area (Å²) in [6.07, 6.45) is 2.94. The van der Waals surface area contributed by atoms with Gasteiger partial charge in [0.2, 0.25) is 0 Å². The summed E-state index contributed by atoms with van der Waals surface area (Å²) >= 11 is 1.51. The molecule has 3 N–H and O–H groups in total. The highest BCUT2D eigenvalue weighted by atomic mass is 32.2. The van der Waals surface area contributed by atoms with Gasteiger partial charge < -0.3 is 10.8 Å². The number of aryl methyl sites for hydroxylation is 1. The van der Waals surface area contributed by atoms with E-state index in [0.717, 1.165) is 4.90 Å². The van der Waals surface area contributed by atoms with Crippen molar-refractivity contribution in [2.24, 2.45) is 5.73 Å². The number of nitrogens with zero attached hydrogens (tertiary/aromatic N) is 2. The summed E-state index contributed by atoms with van der Waals surface area (Å²) in [5.74, 6) is 0.653. The van der Waals surface area contributed by atoms with Crippen LogP contribution >= 0.6 is 11.8 Å². The molecule has 0 saturated carbocycles. The minimum absolute atomic E-state index is 0.185. The molecule has 0 aliphatic rings. The van der Waals surface area contributed by atoms with Crippen LogP contribution in [0.15, 0.2) is 11.1 Å². The first-order valence-corrected chi connectivity index (χ1v) is 5.17. The Labute approximate surface area is 81.6 Å². The Morgan fingerprint density at radius 3 is 2.92 bits per heavy atom. The first-order chi connectivity index (χ1) is 6.19. The summed E-state index contributed by atoms with van der Waals surface area (Å²) in [4.78, 5) is 9.07. The van der Waals surface area contributed by atoms with Crippen molar-refractivity contribution in [3.63, 3.8) is 0 Å². The van der Waals surface area contributed by atoms with E-state index in [1.807, 2.05) is 6.26 Å². The van der Waals surface area contributed by atoms with E-state index in [9.17, 15) is 5.11 Å². The number of rotatable bonds is 3. The fourth-order valence-electron chi connectivity index (χ4n) is 0.984. The van der Waals surface area contributed by atoms with E-state index < -0.39 is 6.10 Å². The minimum Gasteiger partial charge on any atom is -0.385 e. The largest absolute Gasteiger partial charge is 0.385 e. The SMILES string of the molecule is CSc1cnc(C)nc1C(O)CN. The van der Waals surface area contributed by atoms with Gasteiger partial charge >= 0.3 is 0 Å². The summed E-state index contributed by atoms with van der Waals surface area (Å²) in [7, 11) is 0. The zero-order chi connectivity index (χ0) is 9.84. The van der Waals surface area contributed by atoms with Crippen molar-refractivity contribution in [3.8, 4) is 0 Å². The maximum atomic E-state index is 9.54. The van der Waals surface area contributed by atoms with E-state index in [2.05, 4.69) is 9.97 Å². The van der Waals surface area contributed by atoms with Crippen LogP contribution in [-0.4, -0.2) is 27.9 Å². The highest BCUT2D eigenvalue weighted by Gasteiger charge is 2.12. The highest BCUT2D eigenvalue weighted by molar-refractivity contribution is 7.98. The molecule has 1 aromatic rings. The molecule has 0 fully saturated rings. The van der Waals surface area contributed by atoms with Gasteiger partial charge in [-0.2, -0.15) is 0 Å². The van der Waals surface area contributed by atoms with Crippen LogP contribution in [0.1, 0.15) is 17.6 Å². The Morgan fingerprint density at radius 1 is 1.69 bits per heavy atom. The maximum Gasteiger partial charge on any atom is 0.125 e. The second kappa shape index (κ2) is 4.55. The number of aromatic nitrogens is 2. The molecule has 0 aromatic carbocycles. The highest BCUT2D eigenvalue weighted by Crippen LogP contribution is 2.22. The summed E-state index contributed by atoms with van der Waals surface area (Å²) < 4.78 is 0. The lowest BCUT2D eigenvalue weighted by Gasteiger charge is -2.10. The van der Waals surface area contributed by atoms with Gasteiger partial charge in [0, 0.05) is 17.6 Å². The molecule has 13 heavy (non-hydrogen) atoms. The molecule has 0 bridgehead atoms. The van der Waals surface area contributed by atoms with E-state index >= 15 is 0 Å². The number of aliphatic hydroxyl groups excluding tert-OH is 1. The smallest absolute Gasteiger partial charge is 0.125 e. The molecule has 72 valence electrons. The Bertz CT molecular complexity index is 293. The molecule has 0 amide bonds. The van der Waals surface area contributed by atoms with Gasteiger partial charge in [-0.1, -0.05) is 0 Å². The average molecular weight is 199 g/mol. The lowest BCUT2D eigenvalue weighted by atomic mass is 10.2. The second-order valence-corrected chi connectivity index (χ2v) is 3.47. The molecule has 0 aliphatic carbocycles. The topological polar surface area (TPSA) is 72.0 Å². The van der Waals surface area contributed by atoms with Gasteiger partial charge in [0.1, 0.15) is 11.9 Å². The zero-order valence-electron chi connectivity index (χ0n) is 7.69. The van der Waals surface area contributed by atoms with E-state index in [1.165, 1.54) is 11.8 Å². The quantitative estimate of drug-likeness (QED) is 0.693. The third kappa shape index (κ3) is 2.40. The first-order valence-electron chi connectivity index (χ1n) is 3.94. The van der Waals surface area contributed by atoms with Crippen molar-refractivity contribution >= 4 is 11.8 Å². The lowest BCUT2D eigenvalue weighted by Crippen LogP contribution is -2.14. The van der Waals surface area contributed by atoms with Gasteiger partial charge in [0.15, 0.2) is 0 Å². The second-order valence-electron chi connectivity index (χ2n) is 2.62. The van der Waals surface area contributed by atoms with Crippen molar-refractivity contribution in [1.29, 1.82) is 0 Å². The van der Waals surface area contributed by atoms with Gasteiger partial charge in [-0.05, 0) is 13.2 Å². The van der Waals surface area contributed by atoms with Crippen LogP contribution in [0.4, 0.5) is 0 Å². The van der Waals surface area contributed by atoms with Gasteiger partial charge in [-0.25, -0.2) is 9.97 Å². The average Bonchev–Trinajstić information content (AvgIpc) is 2.16. The molecule has 0 spiro atoms. The molecule has 1 atom stereocenters. The Hall–Kier alpha value is -0.650. The Kier molecular flexibility index (Phi) is 3.65. The van der Waals surface area contributed by atoms with Crippen molar-refractivity contribution in [2.75, 3.05) is 12.8 Å². The van der Waals surface area contributed by atoms with E-state index in [-0.39, 0.29) is 6.54 Å². The standard InChI is InChI=1S/C8H13N3OS/c1-5-10-4-7(13-2)8(11-5)6(12)3-9/h4,6,12H,3,9H2,1-2H3. The van der Waals surface area contributed by atoms with Crippen LogP contribution in [0.2, 0.25) is 0 Å². The molecular formula is C8H13N3OS. The van der Waals surface area contributed by atoms with Crippen molar-refractivity contribution in [1.82, 2.24) is 9.97 Å². The third-order valence-electron chi connectivity index (χ3n) is 1.66. The van der Waals surface area contributed by atoms with Crippen LogP contribution in [0.3, 0.4) is 0 Å². The lowest BCUT2D eigenvalue weighted by molar-refractivity contribution is 0.178.